The van der Waals surface area contributed by atoms with E-state index in [-0.39, 0.29) is 12.5 Å². The quantitative estimate of drug-likeness (QED) is 0.637. The third-order valence-corrected chi connectivity index (χ3v) is 1.74. The van der Waals surface area contributed by atoms with Crippen LogP contribution >= 0.6 is 0 Å². The van der Waals surface area contributed by atoms with Gasteiger partial charge in [0.2, 0.25) is 0 Å². The number of alkyl halides is 3. The van der Waals surface area contributed by atoms with Crippen LogP contribution < -0.4 is 11.1 Å². The summed E-state index contributed by atoms with van der Waals surface area (Å²) in [7, 11) is 0. The van der Waals surface area contributed by atoms with E-state index in [1.54, 1.807) is 0 Å². The Labute approximate surface area is 76.7 Å². The number of nitrogens with one attached hydrogen (secondary N) is 1. The van der Waals surface area contributed by atoms with Gasteiger partial charge in [0.15, 0.2) is 0 Å². The zero-order valence-electron chi connectivity index (χ0n) is 7.82. The SMILES string of the molecule is CCC(N)CNCCCC(F)(F)F. The zero-order valence-corrected chi connectivity index (χ0v) is 7.82. The molecule has 0 rings (SSSR count). The maximum absolute atomic E-state index is 11.7. The molecular weight excluding hydrogens is 181 g/mol. The Morgan fingerprint density at radius 2 is 2.00 bits per heavy atom. The lowest BCUT2D eigenvalue weighted by Gasteiger charge is -2.10. The summed E-state index contributed by atoms with van der Waals surface area (Å²) in [4.78, 5) is 0. The molecule has 13 heavy (non-hydrogen) atoms. The summed E-state index contributed by atoms with van der Waals surface area (Å²) in [5.74, 6) is 0. The average Bonchev–Trinajstić information content (AvgIpc) is 2.01. The van der Waals surface area contributed by atoms with E-state index in [9.17, 15) is 13.2 Å². The Morgan fingerprint density at radius 3 is 2.46 bits per heavy atom. The highest BCUT2D eigenvalue weighted by molar-refractivity contribution is 4.62. The van der Waals surface area contributed by atoms with Crippen LogP contribution in [0.5, 0.6) is 0 Å². The fraction of sp³-hybridized carbons (Fsp3) is 1.00. The van der Waals surface area contributed by atoms with E-state index in [0.29, 0.717) is 13.1 Å². The van der Waals surface area contributed by atoms with Gasteiger partial charge in [0.25, 0.3) is 0 Å². The highest BCUT2D eigenvalue weighted by Crippen LogP contribution is 2.20. The predicted molar refractivity (Wildman–Crippen MR) is 46.4 cm³/mol. The van der Waals surface area contributed by atoms with Gasteiger partial charge in [-0.05, 0) is 19.4 Å². The topological polar surface area (TPSA) is 38.0 Å². The maximum Gasteiger partial charge on any atom is 0.389 e. The second-order valence-electron chi connectivity index (χ2n) is 3.09. The molecule has 0 aromatic rings. The van der Waals surface area contributed by atoms with Gasteiger partial charge in [0, 0.05) is 19.0 Å². The van der Waals surface area contributed by atoms with Crippen LogP contribution in [0.15, 0.2) is 0 Å². The fourth-order valence-electron chi connectivity index (χ4n) is 0.846. The van der Waals surface area contributed by atoms with Crippen molar-refractivity contribution in [1.29, 1.82) is 0 Å². The van der Waals surface area contributed by atoms with Gasteiger partial charge in [-0.15, -0.1) is 0 Å². The molecule has 0 heterocycles. The molecule has 3 N–H and O–H groups in total. The summed E-state index contributed by atoms with van der Waals surface area (Å²) in [5.41, 5.74) is 5.56. The summed E-state index contributed by atoms with van der Waals surface area (Å²) in [6.45, 7) is 2.92. The molecule has 0 amide bonds. The number of rotatable bonds is 6. The van der Waals surface area contributed by atoms with Gasteiger partial charge in [-0.2, -0.15) is 13.2 Å². The molecular formula is C8H17F3N2. The molecule has 0 aromatic heterocycles. The molecule has 0 bridgehead atoms. The maximum atomic E-state index is 11.7. The van der Waals surface area contributed by atoms with Crippen LogP contribution in [-0.4, -0.2) is 25.3 Å². The third-order valence-electron chi connectivity index (χ3n) is 1.74. The minimum absolute atomic E-state index is 0.0471. The van der Waals surface area contributed by atoms with E-state index in [1.165, 1.54) is 0 Å². The van der Waals surface area contributed by atoms with Gasteiger partial charge in [-0.25, -0.2) is 0 Å². The Bertz CT molecular complexity index is 125. The van der Waals surface area contributed by atoms with Gasteiger partial charge in [-0.1, -0.05) is 6.92 Å². The molecule has 0 fully saturated rings. The Kier molecular flexibility index (Phi) is 6.07. The van der Waals surface area contributed by atoms with Crippen molar-refractivity contribution in [1.82, 2.24) is 5.32 Å². The number of hydrogen-bond acceptors (Lipinski definition) is 2. The zero-order chi connectivity index (χ0) is 10.3. The van der Waals surface area contributed by atoms with Crippen molar-refractivity contribution in [3.05, 3.63) is 0 Å². The summed E-state index contributed by atoms with van der Waals surface area (Å²) in [6, 6.07) is 0.0471. The minimum atomic E-state index is -4.03. The van der Waals surface area contributed by atoms with E-state index in [2.05, 4.69) is 5.32 Å². The van der Waals surface area contributed by atoms with E-state index in [4.69, 9.17) is 5.73 Å². The highest BCUT2D eigenvalue weighted by Gasteiger charge is 2.25. The summed E-state index contributed by atoms with van der Waals surface area (Å²) in [6.07, 6.45) is -3.79. The third kappa shape index (κ3) is 9.63. The van der Waals surface area contributed by atoms with Gasteiger partial charge in [0.05, 0.1) is 0 Å². The van der Waals surface area contributed by atoms with Gasteiger partial charge in [-0.3, -0.25) is 0 Å². The summed E-state index contributed by atoms with van der Waals surface area (Å²) < 4.78 is 35.0. The first-order valence-corrected chi connectivity index (χ1v) is 4.48. The Hall–Kier alpha value is -0.290. The molecule has 0 spiro atoms. The van der Waals surface area contributed by atoms with E-state index >= 15 is 0 Å². The standard InChI is InChI=1S/C8H17F3N2/c1-2-7(12)6-13-5-3-4-8(9,10)11/h7,13H,2-6,12H2,1H3. The van der Waals surface area contributed by atoms with Crippen LogP contribution in [-0.2, 0) is 0 Å². The van der Waals surface area contributed by atoms with E-state index in [0.717, 1.165) is 6.42 Å². The van der Waals surface area contributed by atoms with Gasteiger partial charge >= 0.3 is 6.18 Å². The second kappa shape index (κ2) is 6.21. The summed E-state index contributed by atoms with van der Waals surface area (Å²) in [5, 5.41) is 2.88. The first-order chi connectivity index (χ1) is 5.95. The average molecular weight is 198 g/mol. The monoisotopic (exact) mass is 198 g/mol. The lowest BCUT2D eigenvalue weighted by molar-refractivity contribution is -0.135. The molecule has 0 aliphatic heterocycles. The van der Waals surface area contributed by atoms with Crippen LogP contribution in [0, 0.1) is 0 Å². The van der Waals surface area contributed by atoms with Crippen LogP contribution in [0.25, 0.3) is 0 Å². The molecule has 0 aromatic carbocycles. The first-order valence-electron chi connectivity index (χ1n) is 4.48. The van der Waals surface area contributed by atoms with Crippen molar-refractivity contribution in [3.63, 3.8) is 0 Å². The van der Waals surface area contributed by atoms with Gasteiger partial charge < -0.3 is 11.1 Å². The molecule has 0 aliphatic carbocycles. The second-order valence-corrected chi connectivity index (χ2v) is 3.09. The van der Waals surface area contributed by atoms with E-state index in [1.807, 2.05) is 6.92 Å². The largest absolute Gasteiger partial charge is 0.389 e. The van der Waals surface area contributed by atoms with Crippen LogP contribution in [0.3, 0.4) is 0 Å². The highest BCUT2D eigenvalue weighted by atomic mass is 19.4. The molecule has 80 valence electrons. The smallest absolute Gasteiger partial charge is 0.327 e. The Balaban J connectivity index is 3.18. The molecule has 1 atom stereocenters. The van der Waals surface area contributed by atoms with Crippen LogP contribution in [0.2, 0.25) is 0 Å². The molecule has 0 aliphatic rings. The molecule has 0 saturated heterocycles. The lowest BCUT2D eigenvalue weighted by atomic mass is 10.2. The van der Waals surface area contributed by atoms with Crippen molar-refractivity contribution in [2.75, 3.05) is 13.1 Å². The van der Waals surface area contributed by atoms with Crippen LogP contribution in [0.1, 0.15) is 26.2 Å². The molecule has 5 heteroatoms. The van der Waals surface area contributed by atoms with Crippen molar-refractivity contribution in [2.24, 2.45) is 5.73 Å². The minimum Gasteiger partial charge on any atom is -0.327 e. The van der Waals surface area contributed by atoms with Crippen LogP contribution in [0.4, 0.5) is 13.2 Å². The van der Waals surface area contributed by atoms with Crippen molar-refractivity contribution < 1.29 is 13.2 Å². The van der Waals surface area contributed by atoms with Crippen molar-refractivity contribution in [3.8, 4) is 0 Å². The first kappa shape index (κ1) is 12.7. The van der Waals surface area contributed by atoms with Crippen molar-refractivity contribution in [2.45, 2.75) is 38.4 Å². The number of hydrogen-bond donors (Lipinski definition) is 2. The molecule has 1 unspecified atom stereocenters. The number of nitrogens with two attached hydrogens (primary N) is 1. The summed E-state index contributed by atoms with van der Waals surface area (Å²) >= 11 is 0. The fourth-order valence-corrected chi connectivity index (χ4v) is 0.846. The number of halogens is 3. The Morgan fingerprint density at radius 1 is 1.38 bits per heavy atom. The van der Waals surface area contributed by atoms with Crippen molar-refractivity contribution >= 4 is 0 Å². The van der Waals surface area contributed by atoms with E-state index < -0.39 is 12.6 Å². The predicted octanol–water partition coefficient (Wildman–Crippen LogP) is 1.66. The molecule has 0 saturated carbocycles. The van der Waals surface area contributed by atoms with Gasteiger partial charge in [0.1, 0.15) is 0 Å². The molecule has 0 radical (unpaired) electrons. The normalized spacial score (nSPS) is 14.5. The lowest BCUT2D eigenvalue weighted by Crippen LogP contribution is -2.33. The molecule has 2 nitrogen and oxygen atoms in total.